The van der Waals surface area contributed by atoms with Crippen LogP contribution in [0.4, 0.5) is 0 Å². The van der Waals surface area contributed by atoms with Gasteiger partial charge < -0.3 is 14.8 Å². The van der Waals surface area contributed by atoms with Crippen LogP contribution in [0.5, 0.6) is 11.5 Å². The van der Waals surface area contributed by atoms with E-state index >= 15 is 0 Å². The molecule has 30 heavy (non-hydrogen) atoms. The van der Waals surface area contributed by atoms with Crippen LogP contribution in [-0.2, 0) is 4.79 Å². The molecule has 1 heterocycles. The Balaban J connectivity index is 1.75. The van der Waals surface area contributed by atoms with Crippen molar-refractivity contribution in [2.45, 2.75) is 26.8 Å². The molecule has 3 aromatic rings. The first-order valence-electron chi connectivity index (χ1n) is 9.76. The van der Waals surface area contributed by atoms with Crippen molar-refractivity contribution in [3.8, 4) is 17.2 Å². The van der Waals surface area contributed by atoms with Gasteiger partial charge in [0.25, 0.3) is 0 Å². The minimum absolute atomic E-state index is 0.188. The SMILES string of the molecule is COc1ccc(C(C)NC(=O)C=Cc2c(C)nn(-c3ccccc3)c2C)c(OC)c1. The van der Waals surface area contributed by atoms with Crippen LogP contribution in [0.25, 0.3) is 11.8 Å². The number of nitrogens with zero attached hydrogens (tertiary/aromatic N) is 2. The Morgan fingerprint density at radius 2 is 1.83 bits per heavy atom. The van der Waals surface area contributed by atoms with Crippen LogP contribution >= 0.6 is 0 Å². The summed E-state index contributed by atoms with van der Waals surface area (Å²) in [6, 6.07) is 15.3. The van der Waals surface area contributed by atoms with E-state index < -0.39 is 0 Å². The van der Waals surface area contributed by atoms with Crippen LogP contribution in [0.2, 0.25) is 0 Å². The summed E-state index contributed by atoms with van der Waals surface area (Å²) in [5.41, 5.74) is 4.65. The van der Waals surface area contributed by atoms with E-state index in [-0.39, 0.29) is 11.9 Å². The molecule has 2 aromatic carbocycles. The number of aryl methyl sites for hydroxylation is 1. The van der Waals surface area contributed by atoms with E-state index in [1.165, 1.54) is 0 Å². The Morgan fingerprint density at radius 3 is 2.50 bits per heavy atom. The molecule has 0 saturated carbocycles. The molecule has 1 aromatic heterocycles. The number of methoxy groups -OCH3 is 2. The van der Waals surface area contributed by atoms with Gasteiger partial charge in [-0.3, -0.25) is 4.79 Å². The van der Waals surface area contributed by atoms with Gasteiger partial charge in [-0.05, 0) is 51.1 Å². The highest BCUT2D eigenvalue weighted by atomic mass is 16.5. The average molecular weight is 405 g/mol. The highest BCUT2D eigenvalue weighted by Crippen LogP contribution is 2.29. The molecule has 1 amide bonds. The minimum Gasteiger partial charge on any atom is -0.497 e. The van der Waals surface area contributed by atoms with Gasteiger partial charge in [0.2, 0.25) is 5.91 Å². The lowest BCUT2D eigenvalue weighted by Crippen LogP contribution is -2.25. The van der Waals surface area contributed by atoms with Crippen LogP contribution in [-0.4, -0.2) is 29.9 Å². The summed E-state index contributed by atoms with van der Waals surface area (Å²) < 4.78 is 12.6. The van der Waals surface area contributed by atoms with Gasteiger partial charge in [-0.2, -0.15) is 5.10 Å². The van der Waals surface area contributed by atoms with Gasteiger partial charge in [0.05, 0.1) is 31.6 Å². The Hall–Kier alpha value is -3.54. The van der Waals surface area contributed by atoms with Crippen LogP contribution < -0.4 is 14.8 Å². The van der Waals surface area contributed by atoms with Crippen molar-refractivity contribution in [2.24, 2.45) is 0 Å². The van der Waals surface area contributed by atoms with Gasteiger partial charge in [-0.1, -0.05) is 18.2 Å². The molecule has 6 heteroatoms. The first-order chi connectivity index (χ1) is 14.4. The molecule has 0 aliphatic carbocycles. The molecule has 0 saturated heterocycles. The molecule has 6 nitrogen and oxygen atoms in total. The van der Waals surface area contributed by atoms with Crippen molar-refractivity contribution in [1.29, 1.82) is 0 Å². The topological polar surface area (TPSA) is 65.4 Å². The van der Waals surface area contributed by atoms with Crippen LogP contribution in [0.3, 0.4) is 0 Å². The first-order valence-corrected chi connectivity index (χ1v) is 9.76. The standard InChI is InChI=1S/C24H27N3O3/c1-16(22-12-11-20(29-4)15-23(22)30-5)25-24(28)14-13-21-17(2)26-27(18(21)3)19-9-7-6-8-10-19/h6-16H,1-5H3,(H,25,28). The normalized spacial score (nSPS) is 12.0. The van der Waals surface area contributed by atoms with Gasteiger partial charge in [0, 0.05) is 29.0 Å². The molecule has 0 aliphatic heterocycles. The molecule has 1 atom stereocenters. The highest BCUT2D eigenvalue weighted by Gasteiger charge is 2.15. The quantitative estimate of drug-likeness (QED) is 0.592. The second-order valence-electron chi connectivity index (χ2n) is 7.00. The van der Waals surface area contributed by atoms with E-state index in [1.54, 1.807) is 26.4 Å². The first kappa shape index (κ1) is 21.2. The molecule has 3 rings (SSSR count). The minimum atomic E-state index is -0.225. The largest absolute Gasteiger partial charge is 0.497 e. The summed E-state index contributed by atoms with van der Waals surface area (Å²) in [6.07, 6.45) is 3.35. The van der Waals surface area contributed by atoms with Crippen molar-refractivity contribution in [2.75, 3.05) is 14.2 Å². The molecule has 156 valence electrons. The number of amides is 1. The van der Waals surface area contributed by atoms with Crippen LogP contribution in [0.15, 0.2) is 54.6 Å². The lowest BCUT2D eigenvalue weighted by molar-refractivity contribution is -0.117. The molecule has 1 N–H and O–H groups in total. The summed E-state index contributed by atoms with van der Waals surface area (Å²) in [4.78, 5) is 12.5. The van der Waals surface area contributed by atoms with Gasteiger partial charge >= 0.3 is 0 Å². The highest BCUT2D eigenvalue weighted by molar-refractivity contribution is 5.92. The smallest absolute Gasteiger partial charge is 0.244 e. The number of rotatable bonds is 7. The fraction of sp³-hybridized carbons (Fsp3) is 0.250. The number of aromatic nitrogens is 2. The Bertz CT molecular complexity index is 1060. The molecule has 0 aliphatic rings. The number of hydrogen-bond donors (Lipinski definition) is 1. The number of carbonyl (C=O) groups excluding carboxylic acids is 1. The summed E-state index contributed by atoms with van der Waals surface area (Å²) in [6.45, 7) is 5.85. The summed E-state index contributed by atoms with van der Waals surface area (Å²) in [7, 11) is 3.21. The Labute approximate surface area is 177 Å². The predicted molar refractivity (Wildman–Crippen MR) is 118 cm³/mol. The summed E-state index contributed by atoms with van der Waals surface area (Å²) in [5, 5.41) is 7.59. The third-order valence-electron chi connectivity index (χ3n) is 5.02. The van der Waals surface area contributed by atoms with Crippen molar-refractivity contribution in [3.05, 3.63) is 77.1 Å². The van der Waals surface area contributed by atoms with Crippen LogP contribution in [0.1, 0.15) is 35.5 Å². The molecule has 1 unspecified atom stereocenters. The van der Waals surface area contributed by atoms with Crippen molar-refractivity contribution >= 4 is 12.0 Å². The number of hydrogen-bond acceptors (Lipinski definition) is 4. The number of para-hydroxylation sites is 1. The van der Waals surface area contributed by atoms with E-state index in [4.69, 9.17) is 9.47 Å². The van der Waals surface area contributed by atoms with E-state index in [0.29, 0.717) is 11.5 Å². The summed E-state index contributed by atoms with van der Waals surface area (Å²) in [5.74, 6) is 1.18. The fourth-order valence-corrected chi connectivity index (χ4v) is 3.39. The number of benzene rings is 2. The Morgan fingerprint density at radius 1 is 1.10 bits per heavy atom. The van der Waals surface area contributed by atoms with E-state index in [0.717, 1.165) is 28.2 Å². The zero-order valence-corrected chi connectivity index (χ0v) is 18.0. The maximum atomic E-state index is 12.5. The maximum absolute atomic E-state index is 12.5. The van der Waals surface area contributed by atoms with Crippen molar-refractivity contribution in [1.82, 2.24) is 15.1 Å². The molecular formula is C24H27N3O3. The Kier molecular flexibility index (Phi) is 6.57. The van der Waals surface area contributed by atoms with Crippen molar-refractivity contribution in [3.63, 3.8) is 0 Å². The van der Waals surface area contributed by atoms with E-state index in [2.05, 4.69) is 10.4 Å². The second kappa shape index (κ2) is 9.31. The number of ether oxygens (including phenoxy) is 2. The lowest BCUT2D eigenvalue weighted by atomic mass is 10.1. The van der Waals surface area contributed by atoms with Crippen molar-refractivity contribution < 1.29 is 14.3 Å². The molecule has 0 bridgehead atoms. The molecule has 0 fully saturated rings. The molecule has 0 spiro atoms. The number of carbonyl (C=O) groups is 1. The second-order valence-corrected chi connectivity index (χ2v) is 7.00. The average Bonchev–Trinajstić information content (AvgIpc) is 3.05. The van der Waals surface area contributed by atoms with Gasteiger partial charge in [-0.25, -0.2) is 4.68 Å². The summed E-state index contributed by atoms with van der Waals surface area (Å²) >= 11 is 0. The molecule has 0 radical (unpaired) electrons. The predicted octanol–water partition coefficient (Wildman–Crippen LogP) is 4.40. The third-order valence-corrected chi connectivity index (χ3v) is 5.02. The van der Waals surface area contributed by atoms with Gasteiger partial charge in [0.15, 0.2) is 0 Å². The lowest BCUT2D eigenvalue weighted by Gasteiger charge is -2.17. The zero-order valence-electron chi connectivity index (χ0n) is 18.0. The van der Waals surface area contributed by atoms with Gasteiger partial charge in [0.1, 0.15) is 11.5 Å². The number of nitrogens with one attached hydrogen (secondary N) is 1. The van der Waals surface area contributed by atoms with E-state index in [9.17, 15) is 4.79 Å². The monoisotopic (exact) mass is 405 g/mol. The fourth-order valence-electron chi connectivity index (χ4n) is 3.39. The maximum Gasteiger partial charge on any atom is 0.244 e. The third kappa shape index (κ3) is 4.54. The molecular weight excluding hydrogens is 378 g/mol. The van der Waals surface area contributed by atoms with Crippen LogP contribution in [0, 0.1) is 13.8 Å². The van der Waals surface area contributed by atoms with Gasteiger partial charge in [-0.15, -0.1) is 0 Å². The zero-order chi connectivity index (χ0) is 21.7. The van der Waals surface area contributed by atoms with E-state index in [1.807, 2.05) is 74.0 Å².